The van der Waals surface area contributed by atoms with Crippen LogP contribution in [-0.2, 0) is 0 Å². The number of aliphatic imine (C=N–C) groups is 1. The van der Waals surface area contributed by atoms with Crippen LogP contribution in [0.25, 0.3) is 59.8 Å². The van der Waals surface area contributed by atoms with Crippen LogP contribution >= 0.6 is 0 Å². The molecule has 7 aromatic rings. The van der Waals surface area contributed by atoms with E-state index in [0.29, 0.717) is 0 Å². The van der Waals surface area contributed by atoms with Crippen molar-refractivity contribution in [2.75, 3.05) is 7.05 Å². The van der Waals surface area contributed by atoms with Crippen molar-refractivity contribution in [2.45, 2.75) is 13.3 Å². The predicted octanol–water partition coefficient (Wildman–Crippen LogP) is 9.34. The Morgan fingerprint density at radius 1 is 0.583 bits per heavy atom. The molecule has 0 saturated carbocycles. The molecule has 6 aromatic carbocycles. The molecule has 36 heavy (non-hydrogen) atoms. The number of hydrogen-bond acceptors (Lipinski definition) is 1. The highest BCUT2D eigenvalue weighted by molar-refractivity contribution is 6.20. The van der Waals surface area contributed by atoms with Crippen molar-refractivity contribution in [3.05, 3.63) is 115 Å². The Balaban J connectivity index is 0.000000441. The second-order valence-corrected chi connectivity index (χ2v) is 9.05. The quantitative estimate of drug-likeness (QED) is 0.179. The summed E-state index contributed by atoms with van der Waals surface area (Å²) in [5, 5.41) is 10.3. The van der Waals surface area contributed by atoms with Gasteiger partial charge in [-0.05, 0) is 46.3 Å². The Kier molecular flexibility index (Phi) is 5.71. The molecule has 0 unspecified atom stereocenters. The molecule has 2 nitrogen and oxygen atoms in total. The third kappa shape index (κ3) is 3.54. The van der Waals surface area contributed by atoms with E-state index >= 15 is 0 Å². The first kappa shape index (κ1) is 22.1. The summed E-state index contributed by atoms with van der Waals surface area (Å²) >= 11 is 0. The average molecular weight is 465 g/mol. The van der Waals surface area contributed by atoms with Crippen molar-refractivity contribution in [2.24, 2.45) is 4.99 Å². The van der Waals surface area contributed by atoms with Crippen LogP contribution in [0.5, 0.6) is 0 Å². The second-order valence-electron chi connectivity index (χ2n) is 9.05. The highest BCUT2D eigenvalue weighted by Crippen LogP contribution is 2.39. The Morgan fingerprint density at radius 3 is 1.92 bits per heavy atom. The predicted molar refractivity (Wildman–Crippen MR) is 158 cm³/mol. The number of fused-ring (bicyclic) bond motifs is 8. The largest absolute Gasteiger partial charge is 0.308 e. The van der Waals surface area contributed by atoms with Gasteiger partial charge in [-0.3, -0.25) is 0 Å². The summed E-state index contributed by atoms with van der Waals surface area (Å²) in [7, 11) is 1.78. The first-order valence-corrected chi connectivity index (χ1v) is 12.5. The maximum Gasteiger partial charge on any atom is 0.0619 e. The molecule has 0 N–H and O–H groups in total. The first-order valence-electron chi connectivity index (χ1n) is 12.5. The van der Waals surface area contributed by atoms with Crippen LogP contribution in [0.1, 0.15) is 13.3 Å². The average Bonchev–Trinajstić information content (AvgIpc) is 3.28. The van der Waals surface area contributed by atoms with E-state index in [9.17, 15) is 0 Å². The number of para-hydroxylation sites is 1. The summed E-state index contributed by atoms with van der Waals surface area (Å²) < 4.78 is 2.47. The van der Waals surface area contributed by atoms with E-state index in [4.69, 9.17) is 0 Å². The van der Waals surface area contributed by atoms with Crippen LogP contribution < -0.4 is 0 Å². The zero-order chi connectivity index (χ0) is 24.5. The number of aromatic nitrogens is 1. The minimum atomic E-state index is 1.05. The lowest BCUT2D eigenvalue weighted by Crippen LogP contribution is -1.96. The van der Waals surface area contributed by atoms with Crippen LogP contribution in [0.3, 0.4) is 0 Å². The molecule has 1 heterocycles. The topological polar surface area (TPSA) is 17.3 Å². The molecule has 0 aliphatic carbocycles. The smallest absolute Gasteiger partial charge is 0.0619 e. The van der Waals surface area contributed by atoms with E-state index in [2.05, 4.69) is 132 Å². The van der Waals surface area contributed by atoms with E-state index in [0.717, 1.165) is 6.42 Å². The standard InChI is InChI=1S/C30H19N.C4H9N/c1-4-12-23-20(9-1)17-18-27-26-15-7-8-16-28(26)31(30(23)27)29-19-21-10-2-3-11-22(21)24-13-5-6-14-25(24)29;1-3-4-5-2/h1-19H;4H,3H2,1-2H3. The van der Waals surface area contributed by atoms with Gasteiger partial charge in [0.1, 0.15) is 0 Å². The van der Waals surface area contributed by atoms with Crippen LogP contribution in [0, 0.1) is 0 Å². The van der Waals surface area contributed by atoms with Gasteiger partial charge in [0, 0.05) is 28.6 Å². The highest BCUT2D eigenvalue weighted by atomic mass is 15.0. The van der Waals surface area contributed by atoms with Crippen molar-refractivity contribution in [3.8, 4) is 5.69 Å². The van der Waals surface area contributed by atoms with Gasteiger partial charge in [-0.2, -0.15) is 0 Å². The zero-order valence-electron chi connectivity index (χ0n) is 20.6. The van der Waals surface area contributed by atoms with Crippen LogP contribution in [-0.4, -0.2) is 17.8 Å². The number of rotatable bonds is 2. The molecule has 174 valence electrons. The SMILES string of the molecule is CCC=NC.c1ccc2c(c1)cc(-n1c3ccccc3c3ccc4ccccc4c31)c1ccccc12. The second kappa shape index (κ2) is 9.31. The summed E-state index contributed by atoms with van der Waals surface area (Å²) in [6.07, 6.45) is 2.93. The van der Waals surface area contributed by atoms with Gasteiger partial charge in [-0.1, -0.05) is 110 Å². The Labute approximate surface area is 211 Å². The van der Waals surface area contributed by atoms with Crippen molar-refractivity contribution in [1.29, 1.82) is 0 Å². The Hall–Kier alpha value is -4.43. The molecule has 0 saturated heterocycles. The van der Waals surface area contributed by atoms with Gasteiger partial charge >= 0.3 is 0 Å². The fourth-order valence-corrected chi connectivity index (χ4v) is 5.38. The lowest BCUT2D eigenvalue weighted by molar-refractivity contribution is 1.21. The third-order valence-corrected chi connectivity index (χ3v) is 6.91. The van der Waals surface area contributed by atoms with Gasteiger partial charge in [0.15, 0.2) is 0 Å². The van der Waals surface area contributed by atoms with E-state index in [-0.39, 0.29) is 0 Å². The third-order valence-electron chi connectivity index (χ3n) is 6.91. The van der Waals surface area contributed by atoms with Gasteiger partial charge in [0.2, 0.25) is 0 Å². The highest BCUT2D eigenvalue weighted by Gasteiger charge is 2.17. The van der Waals surface area contributed by atoms with Crippen molar-refractivity contribution < 1.29 is 0 Å². The number of nitrogens with zero attached hydrogens (tertiary/aromatic N) is 2. The molecule has 2 heteroatoms. The van der Waals surface area contributed by atoms with Crippen LogP contribution in [0.2, 0.25) is 0 Å². The van der Waals surface area contributed by atoms with Crippen molar-refractivity contribution >= 4 is 60.3 Å². The molecule has 0 bridgehead atoms. The summed E-state index contributed by atoms with van der Waals surface area (Å²) in [5.41, 5.74) is 3.76. The van der Waals surface area contributed by atoms with Gasteiger partial charge in [0.25, 0.3) is 0 Å². The van der Waals surface area contributed by atoms with E-state index < -0.39 is 0 Å². The maximum atomic E-state index is 3.73. The van der Waals surface area contributed by atoms with Crippen LogP contribution in [0.4, 0.5) is 0 Å². The minimum absolute atomic E-state index is 1.05. The lowest BCUT2D eigenvalue weighted by atomic mass is 10.00. The molecule has 1 aromatic heterocycles. The van der Waals surface area contributed by atoms with Gasteiger partial charge in [-0.25, -0.2) is 0 Å². The van der Waals surface area contributed by atoms with Gasteiger partial charge in [0.05, 0.1) is 16.7 Å². The molecule has 0 aliphatic rings. The lowest BCUT2D eigenvalue weighted by Gasteiger charge is -2.15. The molecule has 0 fully saturated rings. The summed E-state index contributed by atoms with van der Waals surface area (Å²) in [4.78, 5) is 3.73. The zero-order valence-corrected chi connectivity index (χ0v) is 20.6. The maximum absolute atomic E-state index is 3.73. The molecular formula is C34H28N2. The Morgan fingerprint density at radius 2 is 1.19 bits per heavy atom. The summed E-state index contributed by atoms with van der Waals surface area (Å²) in [5.74, 6) is 0. The Bertz CT molecular complexity index is 1890. The van der Waals surface area contributed by atoms with Crippen molar-refractivity contribution in [3.63, 3.8) is 0 Å². The van der Waals surface area contributed by atoms with Gasteiger partial charge < -0.3 is 9.56 Å². The van der Waals surface area contributed by atoms with Crippen molar-refractivity contribution in [1.82, 2.24) is 4.57 Å². The molecular weight excluding hydrogens is 436 g/mol. The number of hydrogen-bond donors (Lipinski definition) is 0. The molecule has 0 radical (unpaired) electrons. The fraction of sp³-hybridized carbons (Fsp3) is 0.0882. The van der Waals surface area contributed by atoms with E-state index in [1.165, 1.54) is 59.8 Å². The normalized spacial score (nSPS) is 11.6. The molecule has 0 aliphatic heterocycles. The van der Waals surface area contributed by atoms with E-state index in [1.54, 1.807) is 7.05 Å². The van der Waals surface area contributed by atoms with E-state index in [1.807, 2.05) is 6.21 Å². The number of benzene rings is 6. The minimum Gasteiger partial charge on any atom is -0.308 e. The molecule has 0 amide bonds. The molecule has 7 rings (SSSR count). The monoisotopic (exact) mass is 464 g/mol. The first-order chi connectivity index (χ1) is 17.8. The summed E-state index contributed by atoms with van der Waals surface area (Å²) in [6, 6.07) is 41.8. The van der Waals surface area contributed by atoms with Crippen LogP contribution in [0.15, 0.2) is 120 Å². The van der Waals surface area contributed by atoms with Gasteiger partial charge in [-0.15, -0.1) is 0 Å². The molecule has 0 atom stereocenters. The summed E-state index contributed by atoms with van der Waals surface area (Å²) in [6.45, 7) is 2.06. The molecule has 0 spiro atoms. The fourth-order valence-electron chi connectivity index (χ4n) is 5.38.